The van der Waals surface area contributed by atoms with Crippen LogP contribution in [0.2, 0.25) is 0 Å². The molecule has 1 aromatic carbocycles. The lowest BCUT2D eigenvalue weighted by Gasteiger charge is -2.23. The topological polar surface area (TPSA) is 9.23 Å². The van der Waals surface area contributed by atoms with E-state index in [1.807, 2.05) is 0 Å². The van der Waals surface area contributed by atoms with Crippen molar-refractivity contribution in [1.82, 2.24) is 0 Å². The van der Waals surface area contributed by atoms with Gasteiger partial charge in [-0.25, -0.2) is 0 Å². The van der Waals surface area contributed by atoms with Crippen LogP contribution in [-0.2, 0) is 16.8 Å². The molecule has 1 unspecified atom stereocenters. The standard InChI is InChI=1S/C12H11F5O/c13-11(14,10-2-1-7-18-10)8-3-5-9(6-4-8)12(15,16)17/h3-6,10H,1-2,7H2. The maximum Gasteiger partial charge on any atom is 0.416 e. The van der Waals surface area contributed by atoms with E-state index in [-0.39, 0.29) is 13.0 Å². The fraction of sp³-hybridized carbons (Fsp3) is 0.500. The lowest BCUT2D eigenvalue weighted by atomic mass is 10.00. The second-order valence-electron chi connectivity index (χ2n) is 4.20. The lowest BCUT2D eigenvalue weighted by molar-refractivity contribution is -0.138. The summed E-state index contributed by atoms with van der Waals surface area (Å²) in [5.41, 5.74) is -1.38. The van der Waals surface area contributed by atoms with Crippen molar-refractivity contribution in [2.24, 2.45) is 0 Å². The van der Waals surface area contributed by atoms with Crippen LogP contribution >= 0.6 is 0 Å². The first kappa shape index (κ1) is 13.3. The molecular weight excluding hydrogens is 255 g/mol. The maximum absolute atomic E-state index is 13.9. The number of rotatable bonds is 2. The summed E-state index contributed by atoms with van der Waals surface area (Å²) >= 11 is 0. The lowest BCUT2D eigenvalue weighted by Crippen LogP contribution is -2.30. The first-order valence-corrected chi connectivity index (χ1v) is 5.49. The van der Waals surface area contributed by atoms with Gasteiger partial charge in [-0.2, -0.15) is 22.0 Å². The van der Waals surface area contributed by atoms with Crippen LogP contribution in [0, 0.1) is 0 Å². The van der Waals surface area contributed by atoms with Crippen molar-refractivity contribution in [3.05, 3.63) is 35.4 Å². The molecule has 1 aliphatic rings. The molecule has 18 heavy (non-hydrogen) atoms. The zero-order valence-corrected chi connectivity index (χ0v) is 9.31. The summed E-state index contributed by atoms with van der Waals surface area (Å²) in [6, 6.07) is 2.95. The molecular formula is C12H11F5O. The molecule has 2 rings (SSSR count). The average Bonchev–Trinajstić information content (AvgIpc) is 2.82. The Balaban J connectivity index is 2.23. The summed E-state index contributed by atoms with van der Waals surface area (Å²) in [7, 11) is 0. The molecule has 100 valence electrons. The Morgan fingerprint density at radius 1 is 0.944 bits per heavy atom. The highest BCUT2D eigenvalue weighted by molar-refractivity contribution is 5.28. The van der Waals surface area contributed by atoms with Gasteiger partial charge in [0.1, 0.15) is 6.10 Å². The van der Waals surface area contributed by atoms with Crippen molar-refractivity contribution in [3.63, 3.8) is 0 Å². The van der Waals surface area contributed by atoms with Crippen LogP contribution in [0.25, 0.3) is 0 Å². The predicted molar refractivity (Wildman–Crippen MR) is 54.3 cm³/mol. The minimum absolute atomic E-state index is 0.216. The molecule has 0 bridgehead atoms. The second kappa shape index (κ2) is 4.50. The number of benzene rings is 1. The van der Waals surface area contributed by atoms with Gasteiger partial charge in [0.15, 0.2) is 0 Å². The van der Waals surface area contributed by atoms with E-state index in [1.54, 1.807) is 0 Å². The van der Waals surface area contributed by atoms with Gasteiger partial charge in [-0.15, -0.1) is 0 Å². The summed E-state index contributed by atoms with van der Waals surface area (Å²) in [6.45, 7) is 0.265. The molecule has 1 atom stereocenters. The number of hydrogen-bond donors (Lipinski definition) is 0. The molecule has 1 saturated heterocycles. The minimum Gasteiger partial charge on any atom is -0.372 e. The molecule has 1 aliphatic heterocycles. The van der Waals surface area contributed by atoms with E-state index < -0.39 is 29.3 Å². The van der Waals surface area contributed by atoms with Crippen LogP contribution in [0.15, 0.2) is 24.3 Å². The Morgan fingerprint density at radius 2 is 1.50 bits per heavy atom. The molecule has 1 aromatic rings. The highest BCUT2D eigenvalue weighted by Crippen LogP contribution is 2.39. The normalized spacial score (nSPS) is 21.3. The average molecular weight is 266 g/mol. The van der Waals surface area contributed by atoms with Gasteiger partial charge in [-0.3, -0.25) is 0 Å². The van der Waals surface area contributed by atoms with Crippen molar-refractivity contribution >= 4 is 0 Å². The van der Waals surface area contributed by atoms with E-state index in [0.717, 1.165) is 12.1 Å². The fourth-order valence-corrected chi connectivity index (χ4v) is 1.93. The van der Waals surface area contributed by atoms with E-state index in [0.29, 0.717) is 18.6 Å². The molecule has 1 heterocycles. The molecule has 0 aromatic heterocycles. The van der Waals surface area contributed by atoms with Gasteiger partial charge in [-0.1, -0.05) is 12.1 Å². The van der Waals surface area contributed by atoms with E-state index in [2.05, 4.69) is 0 Å². The third-order valence-electron chi connectivity index (χ3n) is 2.93. The Morgan fingerprint density at radius 3 is 1.94 bits per heavy atom. The molecule has 0 aliphatic carbocycles. The van der Waals surface area contributed by atoms with Gasteiger partial charge in [0.05, 0.1) is 5.56 Å². The summed E-state index contributed by atoms with van der Waals surface area (Å²) < 4.78 is 69.6. The number of alkyl halides is 5. The quantitative estimate of drug-likeness (QED) is 0.736. The zero-order chi connectivity index (χ0) is 13.4. The van der Waals surface area contributed by atoms with Crippen molar-refractivity contribution < 1.29 is 26.7 Å². The second-order valence-corrected chi connectivity index (χ2v) is 4.20. The number of halogens is 5. The number of hydrogen-bond acceptors (Lipinski definition) is 1. The van der Waals surface area contributed by atoms with Crippen LogP contribution in [0.5, 0.6) is 0 Å². The highest BCUT2D eigenvalue weighted by atomic mass is 19.4. The Hall–Kier alpha value is -1.17. The summed E-state index contributed by atoms with van der Waals surface area (Å²) in [5, 5.41) is 0. The van der Waals surface area contributed by atoms with Gasteiger partial charge >= 0.3 is 6.18 Å². The van der Waals surface area contributed by atoms with Crippen molar-refractivity contribution in [2.45, 2.75) is 31.0 Å². The molecule has 6 heteroatoms. The molecule has 1 fully saturated rings. The Labute approximate surface area is 101 Å². The molecule has 0 spiro atoms. The third-order valence-corrected chi connectivity index (χ3v) is 2.93. The first-order valence-electron chi connectivity index (χ1n) is 5.49. The molecule has 0 N–H and O–H groups in total. The Kier molecular flexibility index (Phi) is 3.31. The zero-order valence-electron chi connectivity index (χ0n) is 9.31. The summed E-state index contributed by atoms with van der Waals surface area (Å²) in [5.74, 6) is -3.25. The fourth-order valence-electron chi connectivity index (χ4n) is 1.93. The molecule has 0 saturated carbocycles. The summed E-state index contributed by atoms with van der Waals surface area (Å²) in [4.78, 5) is 0. The van der Waals surface area contributed by atoms with Crippen LogP contribution < -0.4 is 0 Å². The largest absolute Gasteiger partial charge is 0.416 e. The van der Waals surface area contributed by atoms with Crippen LogP contribution in [0.3, 0.4) is 0 Å². The summed E-state index contributed by atoms with van der Waals surface area (Å²) in [6.07, 6.45) is -5.00. The van der Waals surface area contributed by atoms with E-state index >= 15 is 0 Å². The maximum atomic E-state index is 13.9. The smallest absolute Gasteiger partial charge is 0.372 e. The Bertz CT molecular complexity index is 403. The van der Waals surface area contributed by atoms with Crippen LogP contribution in [-0.4, -0.2) is 12.7 Å². The van der Waals surface area contributed by atoms with E-state index in [1.165, 1.54) is 0 Å². The molecule has 1 nitrogen and oxygen atoms in total. The first-order chi connectivity index (χ1) is 8.32. The van der Waals surface area contributed by atoms with Crippen LogP contribution in [0.1, 0.15) is 24.0 Å². The molecule has 0 amide bonds. The third kappa shape index (κ3) is 2.48. The SMILES string of the molecule is FC(F)(F)c1ccc(C(F)(F)C2CCCO2)cc1. The van der Waals surface area contributed by atoms with Crippen molar-refractivity contribution in [1.29, 1.82) is 0 Å². The number of ether oxygens (including phenoxy) is 1. The van der Waals surface area contributed by atoms with Crippen LogP contribution in [0.4, 0.5) is 22.0 Å². The van der Waals surface area contributed by atoms with Gasteiger partial charge in [0, 0.05) is 12.2 Å². The highest BCUT2D eigenvalue weighted by Gasteiger charge is 2.44. The van der Waals surface area contributed by atoms with Crippen molar-refractivity contribution in [3.8, 4) is 0 Å². The van der Waals surface area contributed by atoms with Gasteiger partial charge in [0.2, 0.25) is 0 Å². The predicted octanol–water partition coefficient (Wildman–Crippen LogP) is 3.98. The van der Waals surface area contributed by atoms with Gasteiger partial charge < -0.3 is 4.74 Å². The van der Waals surface area contributed by atoms with E-state index in [9.17, 15) is 22.0 Å². The van der Waals surface area contributed by atoms with E-state index in [4.69, 9.17) is 4.74 Å². The van der Waals surface area contributed by atoms with Gasteiger partial charge in [-0.05, 0) is 25.0 Å². The minimum atomic E-state index is -4.52. The monoisotopic (exact) mass is 266 g/mol. The van der Waals surface area contributed by atoms with Gasteiger partial charge in [0.25, 0.3) is 5.92 Å². The molecule has 0 radical (unpaired) electrons. The van der Waals surface area contributed by atoms with Crippen molar-refractivity contribution in [2.75, 3.05) is 6.61 Å².